The van der Waals surface area contributed by atoms with E-state index in [0.717, 1.165) is 16.3 Å². The van der Waals surface area contributed by atoms with Crippen LogP contribution in [0.15, 0.2) is 29.4 Å². The van der Waals surface area contributed by atoms with Crippen LogP contribution in [0.25, 0.3) is 5.69 Å². The number of amides is 4. The monoisotopic (exact) mass is 473 g/mol. The molecule has 4 rings (SSSR count). The summed E-state index contributed by atoms with van der Waals surface area (Å²) in [4.78, 5) is 39.4. The summed E-state index contributed by atoms with van der Waals surface area (Å²) < 4.78 is 7.39. The van der Waals surface area contributed by atoms with Crippen LogP contribution in [0.2, 0.25) is 0 Å². The molecule has 0 radical (unpaired) electrons. The fraction of sp³-hybridized carbons (Fsp3) is 0.476. The van der Waals surface area contributed by atoms with Crippen molar-refractivity contribution in [3.05, 3.63) is 29.8 Å². The summed E-state index contributed by atoms with van der Waals surface area (Å²) in [5.41, 5.74) is 3.34. The average molecular weight is 474 g/mol. The number of carbonyl (C=O) groups excluding carboxylic acids is 3. The number of hydrazine groups is 1. The lowest BCUT2D eigenvalue weighted by atomic mass is 10.00. The van der Waals surface area contributed by atoms with Gasteiger partial charge in [0.05, 0.1) is 24.7 Å². The van der Waals surface area contributed by atoms with Crippen molar-refractivity contribution >= 4 is 35.6 Å². The lowest BCUT2D eigenvalue weighted by Crippen LogP contribution is -2.49. The third kappa shape index (κ3) is 4.53. The van der Waals surface area contributed by atoms with E-state index in [2.05, 4.69) is 25.8 Å². The van der Waals surface area contributed by atoms with Crippen molar-refractivity contribution < 1.29 is 19.1 Å². The summed E-state index contributed by atoms with van der Waals surface area (Å²) in [6, 6.07) is 7.24. The van der Waals surface area contributed by atoms with Crippen molar-refractivity contribution in [1.82, 2.24) is 30.5 Å². The van der Waals surface area contributed by atoms with Gasteiger partial charge in [-0.25, -0.2) is 4.79 Å². The molecule has 2 aliphatic heterocycles. The molecule has 0 spiro atoms. The number of nitrogens with zero attached hydrogens (tertiary/aromatic N) is 5. The number of benzene rings is 1. The molecule has 1 aromatic carbocycles. The Kier molecular flexibility index (Phi) is 6.56. The first-order chi connectivity index (χ1) is 15.8. The summed E-state index contributed by atoms with van der Waals surface area (Å²) in [6.07, 6.45) is 0.419. The summed E-state index contributed by atoms with van der Waals surface area (Å²) in [5.74, 6) is -0.335. The van der Waals surface area contributed by atoms with E-state index in [9.17, 15) is 14.4 Å². The first kappa shape index (κ1) is 23.1. The smallest absolute Gasteiger partial charge is 0.344 e. The number of para-hydroxylation sites is 1. The van der Waals surface area contributed by atoms with Gasteiger partial charge in [0.1, 0.15) is 5.54 Å². The molecule has 3 heterocycles. The van der Waals surface area contributed by atoms with Crippen molar-refractivity contribution in [1.29, 1.82) is 0 Å². The number of urea groups is 1. The molecular weight excluding hydrogens is 446 g/mol. The standard InChI is InChI=1S/C21H27N7O4S/c1-4-21(3)17(30)28(19(31)22-21)25-16(29)13-33-20-24-23-18(26-9-11-32-12-10-26)27(20)15-8-6-5-7-14(15)2/h5-8H,4,9-13H2,1-3H3,(H,22,31)(H,25,29). The number of nitrogens with one attached hydrogen (secondary N) is 2. The van der Waals surface area contributed by atoms with E-state index in [0.29, 0.717) is 43.8 Å². The quantitative estimate of drug-likeness (QED) is 0.455. The SMILES string of the molecule is CCC1(C)NC(=O)N(NC(=O)CSc2nnc(N3CCOCC3)n2-c2ccccc2C)C1=O. The van der Waals surface area contributed by atoms with Crippen molar-refractivity contribution in [3.63, 3.8) is 0 Å². The molecule has 0 saturated carbocycles. The van der Waals surface area contributed by atoms with Crippen molar-refractivity contribution in [2.24, 2.45) is 0 Å². The van der Waals surface area contributed by atoms with Gasteiger partial charge in [0.25, 0.3) is 5.91 Å². The van der Waals surface area contributed by atoms with Crippen molar-refractivity contribution in [2.45, 2.75) is 37.9 Å². The highest BCUT2D eigenvalue weighted by Gasteiger charge is 2.47. The molecule has 1 aromatic heterocycles. The molecule has 4 amide bonds. The van der Waals surface area contributed by atoms with Crippen LogP contribution in [0.5, 0.6) is 0 Å². The largest absolute Gasteiger partial charge is 0.378 e. The Morgan fingerprint density at radius 1 is 1.24 bits per heavy atom. The zero-order valence-electron chi connectivity index (χ0n) is 18.8. The number of anilines is 1. The third-order valence-corrected chi connectivity index (χ3v) is 6.73. The van der Waals surface area contributed by atoms with Crippen LogP contribution in [0.4, 0.5) is 10.7 Å². The lowest BCUT2D eigenvalue weighted by Gasteiger charge is -2.28. The van der Waals surface area contributed by atoms with Crippen LogP contribution in [-0.2, 0) is 14.3 Å². The molecule has 1 unspecified atom stereocenters. The lowest BCUT2D eigenvalue weighted by molar-refractivity contribution is -0.137. The molecule has 176 valence electrons. The van der Waals surface area contributed by atoms with Crippen LogP contribution in [0, 0.1) is 6.92 Å². The van der Waals surface area contributed by atoms with Gasteiger partial charge >= 0.3 is 6.03 Å². The Morgan fingerprint density at radius 3 is 2.64 bits per heavy atom. The van der Waals surface area contributed by atoms with Crippen LogP contribution >= 0.6 is 11.8 Å². The molecule has 2 saturated heterocycles. The van der Waals surface area contributed by atoms with E-state index in [1.807, 2.05) is 35.8 Å². The predicted octanol–water partition coefficient (Wildman–Crippen LogP) is 1.26. The Morgan fingerprint density at radius 2 is 1.97 bits per heavy atom. The van der Waals surface area contributed by atoms with Crippen LogP contribution in [0.3, 0.4) is 0 Å². The number of hydrogen-bond acceptors (Lipinski definition) is 8. The van der Waals surface area contributed by atoms with Gasteiger partial charge in [0.2, 0.25) is 11.9 Å². The van der Waals surface area contributed by atoms with Crippen LogP contribution < -0.4 is 15.6 Å². The van der Waals surface area contributed by atoms with Gasteiger partial charge in [0.15, 0.2) is 5.16 Å². The number of ether oxygens (including phenoxy) is 1. The first-order valence-electron chi connectivity index (χ1n) is 10.8. The molecule has 2 aliphatic rings. The maximum Gasteiger partial charge on any atom is 0.344 e. The van der Waals surface area contributed by atoms with Crippen molar-refractivity contribution in [2.75, 3.05) is 37.0 Å². The molecule has 2 fully saturated rings. The van der Waals surface area contributed by atoms with Gasteiger partial charge in [-0.15, -0.1) is 10.2 Å². The Bertz CT molecular complexity index is 1070. The van der Waals surface area contributed by atoms with E-state index >= 15 is 0 Å². The summed E-state index contributed by atoms with van der Waals surface area (Å²) >= 11 is 1.18. The van der Waals surface area contributed by atoms with Gasteiger partial charge in [0, 0.05) is 13.1 Å². The van der Waals surface area contributed by atoms with E-state index in [1.54, 1.807) is 13.8 Å². The molecule has 1 atom stereocenters. The number of imide groups is 1. The van der Waals surface area contributed by atoms with Gasteiger partial charge in [-0.3, -0.25) is 19.6 Å². The number of aromatic nitrogens is 3. The minimum atomic E-state index is -1.02. The highest BCUT2D eigenvalue weighted by Crippen LogP contribution is 2.29. The third-order valence-electron chi connectivity index (χ3n) is 5.80. The van der Waals surface area contributed by atoms with E-state index in [-0.39, 0.29) is 5.75 Å². The zero-order valence-corrected chi connectivity index (χ0v) is 19.6. The number of carbonyl (C=O) groups is 3. The van der Waals surface area contributed by atoms with Gasteiger partial charge in [-0.05, 0) is 31.9 Å². The number of aryl methyl sites for hydroxylation is 1. The molecular formula is C21H27N7O4S. The van der Waals surface area contributed by atoms with Crippen molar-refractivity contribution in [3.8, 4) is 5.69 Å². The molecule has 0 aliphatic carbocycles. The van der Waals surface area contributed by atoms with Gasteiger partial charge in [-0.1, -0.05) is 36.9 Å². The Hall–Kier alpha value is -3.12. The summed E-state index contributed by atoms with van der Waals surface area (Å²) in [7, 11) is 0. The second kappa shape index (κ2) is 9.40. The Labute approximate surface area is 195 Å². The van der Waals surface area contributed by atoms with Gasteiger partial charge in [-0.2, -0.15) is 5.01 Å². The fourth-order valence-corrected chi connectivity index (χ4v) is 4.39. The second-order valence-electron chi connectivity index (χ2n) is 8.08. The summed E-state index contributed by atoms with van der Waals surface area (Å²) in [5, 5.41) is 12.6. The first-order valence-corrected chi connectivity index (χ1v) is 11.8. The second-order valence-corrected chi connectivity index (χ2v) is 9.03. The number of thioether (sulfide) groups is 1. The normalized spacial score (nSPS) is 20.8. The molecule has 2 N–H and O–H groups in total. The maximum absolute atomic E-state index is 12.6. The molecule has 11 nitrogen and oxygen atoms in total. The topological polar surface area (TPSA) is 122 Å². The zero-order chi connectivity index (χ0) is 23.6. The number of rotatable bonds is 7. The minimum absolute atomic E-state index is 0.0486. The Balaban J connectivity index is 1.52. The van der Waals surface area contributed by atoms with Gasteiger partial charge < -0.3 is 15.0 Å². The number of hydrogen-bond donors (Lipinski definition) is 2. The summed E-state index contributed by atoms with van der Waals surface area (Å²) in [6.45, 7) is 8.02. The predicted molar refractivity (Wildman–Crippen MR) is 122 cm³/mol. The van der Waals surface area contributed by atoms with E-state index in [1.165, 1.54) is 11.8 Å². The van der Waals surface area contributed by atoms with E-state index in [4.69, 9.17) is 4.74 Å². The highest BCUT2D eigenvalue weighted by molar-refractivity contribution is 7.99. The molecule has 0 bridgehead atoms. The molecule has 33 heavy (non-hydrogen) atoms. The molecule has 12 heteroatoms. The number of morpholine rings is 1. The van der Waals surface area contributed by atoms with Crippen LogP contribution in [-0.4, -0.2) is 75.2 Å². The minimum Gasteiger partial charge on any atom is -0.378 e. The molecule has 2 aromatic rings. The average Bonchev–Trinajstić information content (AvgIpc) is 3.33. The fourth-order valence-electron chi connectivity index (χ4n) is 3.66. The maximum atomic E-state index is 12.6. The van der Waals surface area contributed by atoms with Crippen LogP contribution in [0.1, 0.15) is 25.8 Å². The highest BCUT2D eigenvalue weighted by atomic mass is 32.2. The van der Waals surface area contributed by atoms with E-state index < -0.39 is 23.4 Å².